The minimum absolute atomic E-state index is 0.248. The van der Waals surface area contributed by atoms with Gasteiger partial charge in [0.15, 0.2) is 0 Å². The first-order chi connectivity index (χ1) is 15.1. The highest BCUT2D eigenvalue weighted by molar-refractivity contribution is 5.83. The van der Waals surface area contributed by atoms with Crippen molar-refractivity contribution in [2.24, 2.45) is 11.8 Å². The van der Waals surface area contributed by atoms with Gasteiger partial charge in [-0.25, -0.2) is 0 Å². The van der Waals surface area contributed by atoms with Gasteiger partial charge >= 0.3 is 0 Å². The van der Waals surface area contributed by atoms with E-state index in [0.29, 0.717) is 11.8 Å². The minimum atomic E-state index is -0.484. The van der Waals surface area contributed by atoms with Crippen molar-refractivity contribution in [2.75, 3.05) is 26.7 Å². The van der Waals surface area contributed by atoms with E-state index in [4.69, 9.17) is 4.74 Å². The molecule has 5 rings (SSSR count). The molecule has 0 aliphatic carbocycles. The van der Waals surface area contributed by atoms with Crippen LogP contribution in [0, 0.1) is 11.8 Å². The summed E-state index contributed by atoms with van der Waals surface area (Å²) in [5.41, 5.74) is 1.92. The number of fused-ring (bicyclic) bond motifs is 4. The second kappa shape index (κ2) is 9.70. The fraction of sp³-hybridized carbons (Fsp3) is 0.593. The molecule has 0 saturated carbocycles. The molecular formula is C27H39N2O2+. The molecule has 5 atom stereocenters. The molecule has 0 spiro atoms. The van der Waals surface area contributed by atoms with Gasteiger partial charge in [-0.2, -0.15) is 0 Å². The first kappa shape index (κ1) is 22.3. The maximum Gasteiger partial charge on any atom is 0.131 e. The molecule has 1 N–H and O–H groups in total. The van der Waals surface area contributed by atoms with Crippen molar-refractivity contribution in [3.8, 4) is 5.75 Å². The first-order valence-electron chi connectivity index (χ1n) is 12.2. The summed E-state index contributed by atoms with van der Waals surface area (Å²) in [5, 5.41) is 12.8. The fourth-order valence-electron chi connectivity index (χ4n) is 6.26. The van der Waals surface area contributed by atoms with Crippen LogP contribution in [0.15, 0.2) is 43.1 Å². The summed E-state index contributed by atoms with van der Waals surface area (Å²) in [5.74, 6) is 2.05. The van der Waals surface area contributed by atoms with Gasteiger partial charge in [0.05, 0.1) is 32.3 Å². The van der Waals surface area contributed by atoms with Gasteiger partial charge in [-0.05, 0) is 48.6 Å². The van der Waals surface area contributed by atoms with E-state index < -0.39 is 6.10 Å². The number of unbranched alkanes of at least 4 members (excludes halogenated alkanes) is 4. The predicted octanol–water partition coefficient (Wildman–Crippen LogP) is 5.66. The molecule has 168 valence electrons. The molecule has 0 radical (unpaired) electrons. The normalized spacial score (nSPS) is 28.5. The Labute approximate surface area is 187 Å². The van der Waals surface area contributed by atoms with Crippen LogP contribution in [0.2, 0.25) is 0 Å². The number of aliphatic hydroxyl groups is 1. The van der Waals surface area contributed by atoms with E-state index in [0.717, 1.165) is 39.7 Å². The Morgan fingerprint density at radius 2 is 2.10 bits per heavy atom. The van der Waals surface area contributed by atoms with Crippen molar-refractivity contribution in [2.45, 2.75) is 64.0 Å². The Bertz CT molecular complexity index is 898. The van der Waals surface area contributed by atoms with Crippen LogP contribution in [0.1, 0.15) is 63.5 Å². The van der Waals surface area contributed by atoms with Gasteiger partial charge in [0.1, 0.15) is 17.9 Å². The number of quaternary nitrogens is 1. The molecule has 1 unspecified atom stereocenters. The number of aliphatic hydroxyl groups excluding tert-OH is 1. The number of aromatic nitrogens is 1. The van der Waals surface area contributed by atoms with Gasteiger partial charge in [0, 0.05) is 30.3 Å². The number of piperidine rings is 3. The third-order valence-electron chi connectivity index (χ3n) is 8.05. The molecule has 4 heteroatoms. The van der Waals surface area contributed by atoms with E-state index in [1.165, 1.54) is 51.6 Å². The monoisotopic (exact) mass is 423 g/mol. The molecule has 3 aliphatic heterocycles. The Morgan fingerprint density at radius 3 is 2.87 bits per heavy atom. The number of nitrogens with zero attached hydrogens (tertiary/aromatic N) is 2. The Hall–Kier alpha value is -1.91. The fourth-order valence-corrected chi connectivity index (χ4v) is 6.26. The standard InChI is InChI=1S/C27H39N2O2/c1-4-6-7-8-9-15-29-16-13-21(20(5-2)19-29)17-26(29)27(30)23-12-14-28-25-11-10-22(31-3)18-24(23)25/h5,10-12,14,18,20-21,26-27,30H,2,4,6-9,13,15-17,19H2,1,3H3/q+1/t20-,21-,26+,27-,29?/m0/s1. The van der Waals surface area contributed by atoms with Gasteiger partial charge in [-0.3, -0.25) is 4.98 Å². The number of ether oxygens (including phenoxy) is 1. The second-order valence-electron chi connectivity index (χ2n) is 9.74. The van der Waals surface area contributed by atoms with Crippen LogP contribution in [0.5, 0.6) is 5.75 Å². The zero-order chi connectivity index (χ0) is 21.8. The molecule has 4 heterocycles. The molecule has 3 aliphatic rings. The molecule has 2 bridgehead atoms. The number of benzene rings is 1. The number of pyridine rings is 1. The molecule has 3 fully saturated rings. The highest BCUT2D eigenvalue weighted by Gasteiger charge is 2.53. The highest BCUT2D eigenvalue weighted by atomic mass is 16.5. The van der Waals surface area contributed by atoms with Crippen molar-refractivity contribution >= 4 is 10.9 Å². The average molecular weight is 424 g/mol. The molecule has 1 aromatic carbocycles. The van der Waals surface area contributed by atoms with Gasteiger partial charge < -0.3 is 14.3 Å². The quantitative estimate of drug-likeness (QED) is 0.305. The third-order valence-corrected chi connectivity index (χ3v) is 8.05. The zero-order valence-corrected chi connectivity index (χ0v) is 19.3. The SMILES string of the molecule is C=C[C@H]1C[N+]2(CCCCCCC)CC[C@H]1C[C@@H]2[C@@H](O)c1ccnc2ccc(OC)cc12. The van der Waals surface area contributed by atoms with Gasteiger partial charge in [0.25, 0.3) is 0 Å². The first-order valence-corrected chi connectivity index (χ1v) is 12.2. The van der Waals surface area contributed by atoms with Gasteiger partial charge in [0.2, 0.25) is 0 Å². The smallest absolute Gasteiger partial charge is 0.131 e. The summed E-state index contributed by atoms with van der Waals surface area (Å²) in [4.78, 5) is 4.53. The van der Waals surface area contributed by atoms with Crippen molar-refractivity contribution in [1.29, 1.82) is 0 Å². The lowest BCUT2D eigenvalue weighted by molar-refractivity contribution is -0.973. The van der Waals surface area contributed by atoms with Crippen molar-refractivity contribution in [1.82, 2.24) is 4.98 Å². The highest BCUT2D eigenvalue weighted by Crippen LogP contribution is 2.47. The van der Waals surface area contributed by atoms with Crippen LogP contribution in [-0.2, 0) is 0 Å². The van der Waals surface area contributed by atoms with Crippen molar-refractivity contribution in [3.63, 3.8) is 0 Å². The molecular weight excluding hydrogens is 384 g/mol. The third kappa shape index (κ3) is 4.38. The molecule has 4 nitrogen and oxygen atoms in total. The molecule has 2 aromatic rings. The van der Waals surface area contributed by atoms with E-state index in [1.807, 2.05) is 30.5 Å². The number of methoxy groups -OCH3 is 1. The summed E-state index contributed by atoms with van der Waals surface area (Å²) in [7, 11) is 1.69. The summed E-state index contributed by atoms with van der Waals surface area (Å²) in [6, 6.07) is 8.22. The van der Waals surface area contributed by atoms with E-state index in [-0.39, 0.29) is 6.04 Å². The lowest BCUT2D eigenvalue weighted by atomic mass is 9.71. The van der Waals surface area contributed by atoms with Crippen molar-refractivity contribution in [3.05, 3.63) is 48.7 Å². The zero-order valence-electron chi connectivity index (χ0n) is 19.3. The van der Waals surface area contributed by atoms with E-state index in [1.54, 1.807) is 7.11 Å². The maximum absolute atomic E-state index is 11.8. The lowest BCUT2D eigenvalue weighted by Gasteiger charge is -2.58. The summed E-state index contributed by atoms with van der Waals surface area (Å²) < 4.78 is 6.51. The predicted molar refractivity (Wildman–Crippen MR) is 127 cm³/mol. The Morgan fingerprint density at radius 1 is 1.26 bits per heavy atom. The number of hydrogen-bond donors (Lipinski definition) is 1. The Kier molecular flexibility index (Phi) is 6.98. The van der Waals surface area contributed by atoms with Crippen LogP contribution < -0.4 is 4.74 Å². The average Bonchev–Trinajstić information content (AvgIpc) is 2.82. The minimum Gasteiger partial charge on any atom is -0.497 e. The summed E-state index contributed by atoms with van der Waals surface area (Å²) >= 11 is 0. The van der Waals surface area contributed by atoms with Gasteiger partial charge in [-0.15, -0.1) is 6.58 Å². The molecule has 1 aromatic heterocycles. The lowest BCUT2D eigenvalue weighted by Crippen LogP contribution is -2.68. The van der Waals surface area contributed by atoms with Crippen LogP contribution in [-0.4, -0.2) is 47.4 Å². The van der Waals surface area contributed by atoms with E-state index in [2.05, 4.69) is 24.6 Å². The number of rotatable bonds is 10. The number of hydrogen-bond acceptors (Lipinski definition) is 3. The maximum atomic E-state index is 11.8. The van der Waals surface area contributed by atoms with Gasteiger partial charge in [-0.1, -0.05) is 32.3 Å². The van der Waals surface area contributed by atoms with Crippen molar-refractivity contribution < 1.29 is 14.3 Å². The Balaban J connectivity index is 1.63. The van der Waals surface area contributed by atoms with Crippen LogP contribution in [0.4, 0.5) is 0 Å². The molecule has 31 heavy (non-hydrogen) atoms. The van der Waals surface area contributed by atoms with Crippen LogP contribution >= 0.6 is 0 Å². The topological polar surface area (TPSA) is 42.4 Å². The largest absolute Gasteiger partial charge is 0.497 e. The summed E-state index contributed by atoms with van der Waals surface area (Å²) in [6.07, 6.45) is 12.4. The van der Waals surface area contributed by atoms with Crippen LogP contribution in [0.25, 0.3) is 10.9 Å². The van der Waals surface area contributed by atoms with E-state index in [9.17, 15) is 5.11 Å². The second-order valence-corrected chi connectivity index (χ2v) is 9.74. The van der Waals surface area contributed by atoms with Crippen LogP contribution in [0.3, 0.4) is 0 Å². The summed E-state index contributed by atoms with van der Waals surface area (Å²) in [6.45, 7) is 9.92. The molecule has 0 amide bonds. The van der Waals surface area contributed by atoms with E-state index >= 15 is 0 Å². The molecule has 3 saturated heterocycles.